The lowest BCUT2D eigenvalue weighted by atomic mass is 9.66. The van der Waals surface area contributed by atoms with Crippen molar-refractivity contribution in [3.05, 3.63) is 319 Å². The zero-order chi connectivity index (χ0) is 62.4. The first-order chi connectivity index (χ1) is 47.0. The van der Waals surface area contributed by atoms with Crippen molar-refractivity contribution in [2.24, 2.45) is 0 Å². The smallest absolute Gasteiger partial charge is 0.188 e. The molecule has 21 rings (SSSR count). The molecule has 0 radical (unpaired) electrons. The summed E-state index contributed by atoms with van der Waals surface area (Å²) < 4.78 is 19.2. The molecule has 11 heteroatoms. The molecule has 0 N–H and O–H groups in total. The van der Waals surface area contributed by atoms with Crippen LogP contribution in [0.3, 0.4) is 0 Å². The molecule has 0 fully saturated rings. The van der Waals surface area contributed by atoms with Gasteiger partial charge < -0.3 is 27.6 Å². The summed E-state index contributed by atoms with van der Waals surface area (Å²) in [5.41, 5.74) is 20.4. The lowest BCUT2D eigenvalue weighted by Crippen LogP contribution is -2.33. The van der Waals surface area contributed by atoms with Crippen molar-refractivity contribution >= 4 is 115 Å². The van der Waals surface area contributed by atoms with E-state index in [9.17, 15) is 5.26 Å². The Hall–Kier alpha value is -13.4. The summed E-state index contributed by atoms with van der Waals surface area (Å²) in [6.07, 6.45) is 7.78. The van der Waals surface area contributed by atoms with Gasteiger partial charge in [-0.1, -0.05) is 115 Å². The third-order valence-corrected chi connectivity index (χ3v) is 20.3. The second-order valence-corrected chi connectivity index (χ2v) is 24.9. The van der Waals surface area contributed by atoms with Gasteiger partial charge in [0.15, 0.2) is 5.69 Å². The largest absolute Gasteiger partial charge is 0.457 e. The van der Waals surface area contributed by atoms with E-state index in [-0.39, 0.29) is 0 Å². The van der Waals surface area contributed by atoms with E-state index in [2.05, 4.69) is 257 Å². The zero-order valence-corrected chi connectivity index (χ0v) is 50.4. The maximum atomic E-state index is 10.0. The highest BCUT2D eigenvalue weighted by Gasteiger charge is 2.54. The molecule has 0 bridgehead atoms. The summed E-state index contributed by atoms with van der Waals surface area (Å²) in [6.45, 7) is 8.07. The average Bonchev–Trinajstić information content (AvgIpc) is 1.56. The van der Waals surface area contributed by atoms with Gasteiger partial charge in [0, 0.05) is 94.0 Å². The third kappa shape index (κ3) is 6.81. The minimum atomic E-state index is -1.15. The number of benzene rings is 11. The monoisotopic (exact) mass is 1210 g/mol. The Labute approximate surface area is 541 Å². The van der Waals surface area contributed by atoms with Crippen LogP contribution in [0.15, 0.2) is 280 Å². The van der Waals surface area contributed by atoms with Crippen molar-refractivity contribution in [3.63, 3.8) is 0 Å². The normalized spacial score (nSPS) is 13.0. The minimum Gasteiger partial charge on any atom is -0.457 e. The van der Waals surface area contributed by atoms with Crippen molar-refractivity contribution in [2.75, 3.05) is 0 Å². The number of rotatable bonds is 5. The van der Waals surface area contributed by atoms with E-state index in [0.717, 1.165) is 171 Å². The molecular formula is C84H46N10O. The molecule has 0 unspecified atom stereocenters. The second kappa shape index (κ2) is 18.9. The number of nitrogens with zero attached hydrogens (tertiary/aromatic N) is 10. The second-order valence-electron chi connectivity index (χ2n) is 24.9. The molecule has 11 nitrogen and oxygen atoms in total. The van der Waals surface area contributed by atoms with Gasteiger partial charge in [-0.3, -0.25) is 15.0 Å². The number of nitriles is 1. The fourth-order valence-corrected chi connectivity index (χ4v) is 16.5. The van der Waals surface area contributed by atoms with E-state index >= 15 is 0 Å². The Balaban J connectivity index is 0.878. The first-order valence-corrected chi connectivity index (χ1v) is 31.7. The summed E-state index contributed by atoms with van der Waals surface area (Å²) in [4.78, 5) is 19.8. The summed E-state index contributed by atoms with van der Waals surface area (Å²) >= 11 is 0. The van der Waals surface area contributed by atoms with E-state index in [1.54, 1.807) is 0 Å². The van der Waals surface area contributed by atoms with Crippen LogP contribution in [0, 0.1) is 17.9 Å². The van der Waals surface area contributed by atoms with Crippen molar-refractivity contribution in [1.82, 2.24) is 37.8 Å². The van der Waals surface area contributed by atoms with E-state index < -0.39 is 5.41 Å². The van der Waals surface area contributed by atoms with Gasteiger partial charge >= 0.3 is 0 Å². The fourth-order valence-electron chi connectivity index (χ4n) is 16.5. The van der Waals surface area contributed by atoms with Gasteiger partial charge in [0.25, 0.3) is 0 Å². The molecule has 0 saturated carbocycles. The first kappa shape index (κ1) is 51.4. The summed E-state index contributed by atoms with van der Waals surface area (Å²) in [6, 6.07) is 92.9. The van der Waals surface area contributed by atoms with Gasteiger partial charge in [0.05, 0.1) is 120 Å². The van der Waals surface area contributed by atoms with Gasteiger partial charge in [-0.2, -0.15) is 5.26 Å². The highest BCUT2D eigenvalue weighted by Crippen LogP contribution is 2.63. The quantitative estimate of drug-likeness (QED) is 0.160. The summed E-state index contributed by atoms with van der Waals surface area (Å²) in [5, 5.41) is 20.9. The zero-order valence-electron chi connectivity index (χ0n) is 50.4. The van der Waals surface area contributed by atoms with Crippen molar-refractivity contribution in [2.45, 2.75) is 5.41 Å². The SMILES string of the molecule is [C-]#[N+]c1ccc2c(c1)c1ccccc1n2-c1ccc2c(c1)C1(c3cc(-n4c5ccccc5c5cc(-n6c7ccc(C#N)cc7c7ccncc76)ccc54)ccc3O2)c2cc(-n3c4ccccc4c4ccccc43)cnc2-c2ncc(-n3c4ccccc4c4ccccc43)cc21. The highest BCUT2D eigenvalue weighted by molar-refractivity contribution is 6.15. The number of pyridine rings is 3. The number of fused-ring (bicyclic) bond motifs is 24. The predicted molar refractivity (Wildman–Crippen MR) is 380 cm³/mol. The number of hydrogen-bond donors (Lipinski definition) is 0. The third-order valence-electron chi connectivity index (χ3n) is 20.3. The van der Waals surface area contributed by atoms with Crippen LogP contribution >= 0.6 is 0 Å². The van der Waals surface area contributed by atoms with Crippen molar-refractivity contribution in [3.8, 4) is 57.4 Å². The fraction of sp³-hybridized carbons (Fsp3) is 0.0119. The Kier molecular flexibility index (Phi) is 10.2. The van der Waals surface area contributed by atoms with Gasteiger partial charge in [-0.15, -0.1) is 0 Å². The van der Waals surface area contributed by atoms with E-state index in [1.807, 2.05) is 61.2 Å². The summed E-state index contributed by atoms with van der Waals surface area (Å²) in [5.74, 6) is 1.42. The van der Waals surface area contributed by atoms with Crippen LogP contribution in [0.25, 0.3) is 154 Å². The number of para-hydroxylation sites is 6. The molecule has 1 aliphatic heterocycles. The number of aromatic nitrogens is 8. The molecule has 11 aromatic carbocycles. The van der Waals surface area contributed by atoms with Crippen LogP contribution in [0.4, 0.5) is 5.69 Å². The van der Waals surface area contributed by atoms with Crippen molar-refractivity contribution < 1.29 is 4.74 Å². The van der Waals surface area contributed by atoms with Gasteiger partial charge in [-0.05, 0) is 145 Å². The average molecular weight is 1210 g/mol. The van der Waals surface area contributed by atoms with Crippen LogP contribution < -0.4 is 4.74 Å². The molecule has 438 valence electrons. The Morgan fingerprint density at radius 2 is 0.705 bits per heavy atom. The molecule has 9 heterocycles. The van der Waals surface area contributed by atoms with E-state index in [1.165, 1.54) is 0 Å². The topological polar surface area (TPSA) is 101 Å². The lowest BCUT2D eigenvalue weighted by molar-refractivity contribution is 0.436. The molecule has 0 amide bonds. The molecular weight excluding hydrogens is 1160 g/mol. The number of hydrogen-bond acceptors (Lipinski definition) is 5. The molecule has 2 aliphatic rings. The summed E-state index contributed by atoms with van der Waals surface area (Å²) in [7, 11) is 0. The standard InChI is InChI=1S/C84H46N10O/c1-86-50-27-32-77-64(39-50)60-18-6-12-24-74(60)90(77)52-29-34-80-66(41-52)84(67-42-53(30-35-81(67)95-80)91-75-25-13-7-19-61(75)65-40-51(28-33-78(65)91)92-76-31-26-49(45-85)38-63(76)62-36-37-87-48-79(62)92)68-43-54(93-70-20-8-2-14-56(70)57-15-3-9-21-71(57)93)46-88-82(68)83-69(84)44-55(47-89-83)94-72-22-10-4-16-58(72)59-17-5-11-23-73(59)94/h2-44,46-48H. The highest BCUT2D eigenvalue weighted by atomic mass is 16.5. The predicted octanol–water partition coefficient (Wildman–Crippen LogP) is 20.2. The van der Waals surface area contributed by atoms with Crippen LogP contribution in [-0.4, -0.2) is 37.8 Å². The van der Waals surface area contributed by atoms with Crippen LogP contribution in [0.5, 0.6) is 11.5 Å². The van der Waals surface area contributed by atoms with Gasteiger partial charge in [0.2, 0.25) is 0 Å². The van der Waals surface area contributed by atoms with Gasteiger partial charge in [0.1, 0.15) is 11.5 Å². The molecule has 0 atom stereocenters. The molecule has 8 aromatic heterocycles. The molecule has 1 aliphatic carbocycles. The molecule has 0 saturated heterocycles. The van der Waals surface area contributed by atoms with E-state index in [4.69, 9.17) is 21.3 Å². The molecule has 95 heavy (non-hydrogen) atoms. The van der Waals surface area contributed by atoms with E-state index in [0.29, 0.717) is 22.7 Å². The number of ether oxygens (including phenoxy) is 1. The Morgan fingerprint density at radius 3 is 1.19 bits per heavy atom. The van der Waals surface area contributed by atoms with Crippen LogP contribution in [0.2, 0.25) is 0 Å². The molecule has 19 aromatic rings. The van der Waals surface area contributed by atoms with Crippen molar-refractivity contribution in [1.29, 1.82) is 5.26 Å². The maximum absolute atomic E-state index is 10.0. The Bertz CT molecular complexity index is 6480. The molecule has 1 spiro atoms. The lowest BCUT2D eigenvalue weighted by Gasteiger charge is -2.39. The van der Waals surface area contributed by atoms with Crippen LogP contribution in [0.1, 0.15) is 27.8 Å². The maximum Gasteiger partial charge on any atom is 0.188 e. The van der Waals surface area contributed by atoms with Crippen LogP contribution in [-0.2, 0) is 5.41 Å². The van der Waals surface area contributed by atoms with Gasteiger partial charge in [-0.25, -0.2) is 4.85 Å². The Morgan fingerprint density at radius 1 is 0.337 bits per heavy atom. The minimum absolute atomic E-state index is 0.586. The first-order valence-electron chi connectivity index (χ1n) is 31.7.